The molecule has 2 atom stereocenters. The van der Waals surface area contributed by atoms with Crippen LogP contribution in [0.15, 0.2) is 4.99 Å². The molecule has 0 aromatic rings. The zero-order chi connectivity index (χ0) is 16.8. The normalized spacial score (nSPS) is 28.5. The summed E-state index contributed by atoms with van der Waals surface area (Å²) in [4.78, 5) is 20.9. The lowest BCUT2D eigenvalue weighted by Crippen LogP contribution is -2.55. The minimum atomic E-state index is -0.208. The molecule has 0 aromatic carbocycles. The summed E-state index contributed by atoms with van der Waals surface area (Å²) in [5.74, 6) is 1.09. The molecule has 7 nitrogen and oxygen atoms in total. The molecule has 0 aliphatic carbocycles. The number of nitrogens with zero attached hydrogens (tertiary/aromatic N) is 3. The quantitative estimate of drug-likeness (QED) is 0.596. The first-order valence-corrected chi connectivity index (χ1v) is 9.25. The highest BCUT2D eigenvalue weighted by Gasteiger charge is 2.30. The number of hydrogen-bond acceptors (Lipinski definition) is 4. The second-order valence-electron chi connectivity index (χ2n) is 6.71. The molecule has 24 heavy (non-hydrogen) atoms. The Balaban J connectivity index is 1.39. The van der Waals surface area contributed by atoms with Gasteiger partial charge in [0.25, 0.3) is 5.91 Å². The summed E-state index contributed by atoms with van der Waals surface area (Å²) >= 11 is 0. The van der Waals surface area contributed by atoms with Gasteiger partial charge < -0.3 is 24.6 Å². The van der Waals surface area contributed by atoms with Gasteiger partial charge in [0.15, 0.2) is 5.96 Å². The van der Waals surface area contributed by atoms with Crippen LogP contribution in [0.1, 0.15) is 32.1 Å². The molecule has 3 rings (SSSR count). The summed E-state index contributed by atoms with van der Waals surface area (Å²) in [6, 6.07) is 0. The Morgan fingerprint density at radius 2 is 1.79 bits per heavy atom. The lowest BCUT2D eigenvalue weighted by Gasteiger charge is -2.37. The lowest BCUT2D eigenvalue weighted by atomic mass is 10.2. The maximum absolute atomic E-state index is 12.4. The molecule has 136 valence electrons. The second kappa shape index (κ2) is 8.67. The van der Waals surface area contributed by atoms with Gasteiger partial charge in [-0.25, -0.2) is 0 Å². The Kier molecular flexibility index (Phi) is 6.31. The SMILES string of the molecule is CN=C(NCCC1CCCO1)N1CCN(C(=O)C2CCCO2)CC1. The second-order valence-corrected chi connectivity index (χ2v) is 6.71. The fourth-order valence-corrected chi connectivity index (χ4v) is 3.66. The van der Waals surface area contributed by atoms with Gasteiger partial charge in [-0.05, 0) is 32.1 Å². The summed E-state index contributed by atoms with van der Waals surface area (Å²) in [5.41, 5.74) is 0. The van der Waals surface area contributed by atoms with Gasteiger partial charge in [-0.15, -0.1) is 0 Å². The van der Waals surface area contributed by atoms with Crippen LogP contribution < -0.4 is 5.32 Å². The molecule has 3 heterocycles. The average molecular weight is 338 g/mol. The van der Waals surface area contributed by atoms with Crippen molar-refractivity contribution in [3.05, 3.63) is 0 Å². The molecule has 1 amide bonds. The predicted octanol–water partition coefficient (Wildman–Crippen LogP) is 0.454. The minimum absolute atomic E-state index is 0.161. The molecule has 3 saturated heterocycles. The number of amides is 1. The fraction of sp³-hybridized carbons (Fsp3) is 0.882. The van der Waals surface area contributed by atoms with Crippen molar-refractivity contribution < 1.29 is 14.3 Å². The van der Waals surface area contributed by atoms with E-state index in [1.54, 1.807) is 0 Å². The Morgan fingerprint density at radius 1 is 1.08 bits per heavy atom. The smallest absolute Gasteiger partial charge is 0.251 e. The number of aliphatic imine (C=N–C) groups is 1. The first-order chi connectivity index (χ1) is 11.8. The molecule has 0 aromatic heterocycles. The number of rotatable bonds is 4. The first kappa shape index (κ1) is 17.5. The van der Waals surface area contributed by atoms with E-state index in [-0.39, 0.29) is 12.0 Å². The van der Waals surface area contributed by atoms with Gasteiger partial charge in [0.2, 0.25) is 0 Å². The number of piperazine rings is 1. The third-order valence-electron chi connectivity index (χ3n) is 5.08. The van der Waals surface area contributed by atoms with Crippen LogP contribution in [0.3, 0.4) is 0 Å². The van der Waals surface area contributed by atoms with Crippen molar-refractivity contribution in [2.24, 2.45) is 4.99 Å². The molecular formula is C17H30N4O3. The number of guanidine groups is 1. The van der Waals surface area contributed by atoms with Crippen molar-refractivity contribution in [2.45, 2.75) is 44.3 Å². The van der Waals surface area contributed by atoms with Gasteiger partial charge in [0.1, 0.15) is 6.10 Å². The number of hydrogen-bond donors (Lipinski definition) is 1. The zero-order valence-electron chi connectivity index (χ0n) is 14.7. The van der Waals surface area contributed by atoms with Gasteiger partial charge in [-0.1, -0.05) is 0 Å². The van der Waals surface area contributed by atoms with Crippen LogP contribution in [-0.4, -0.2) is 86.9 Å². The van der Waals surface area contributed by atoms with Gasteiger partial charge in [-0.3, -0.25) is 9.79 Å². The van der Waals surface area contributed by atoms with E-state index in [1.807, 2.05) is 11.9 Å². The maximum Gasteiger partial charge on any atom is 0.251 e. The summed E-state index contributed by atoms with van der Waals surface area (Å²) in [6.07, 6.45) is 5.43. The van der Waals surface area contributed by atoms with Crippen LogP contribution in [0, 0.1) is 0 Å². The molecule has 1 N–H and O–H groups in total. The van der Waals surface area contributed by atoms with Crippen LogP contribution in [0.2, 0.25) is 0 Å². The molecule has 3 aliphatic rings. The van der Waals surface area contributed by atoms with E-state index in [0.29, 0.717) is 6.10 Å². The summed E-state index contributed by atoms with van der Waals surface area (Å²) in [6.45, 7) is 5.62. The number of carbonyl (C=O) groups excluding carboxylic acids is 1. The number of carbonyl (C=O) groups is 1. The summed E-state index contributed by atoms with van der Waals surface area (Å²) in [7, 11) is 1.82. The fourth-order valence-electron chi connectivity index (χ4n) is 3.66. The summed E-state index contributed by atoms with van der Waals surface area (Å²) < 4.78 is 11.2. The average Bonchev–Trinajstić information content (AvgIpc) is 3.32. The lowest BCUT2D eigenvalue weighted by molar-refractivity contribution is -0.142. The van der Waals surface area contributed by atoms with E-state index in [4.69, 9.17) is 9.47 Å². The number of nitrogens with one attached hydrogen (secondary N) is 1. The Labute approximate surface area is 144 Å². The monoisotopic (exact) mass is 338 g/mol. The molecule has 2 unspecified atom stereocenters. The van der Waals surface area contributed by atoms with Crippen molar-refractivity contribution in [2.75, 3.05) is 53.0 Å². The Morgan fingerprint density at radius 3 is 2.42 bits per heavy atom. The highest BCUT2D eigenvalue weighted by atomic mass is 16.5. The highest BCUT2D eigenvalue weighted by Crippen LogP contribution is 2.16. The molecule has 0 bridgehead atoms. The van der Waals surface area contributed by atoms with Gasteiger partial charge >= 0.3 is 0 Å². The van der Waals surface area contributed by atoms with E-state index in [9.17, 15) is 4.79 Å². The van der Waals surface area contributed by atoms with Gasteiger partial charge in [-0.2, -0.15) is 0 Å². The topological polar surface area (TPSA) is 66.4 Å². The van der Waals surface area contributed by atoms with Crippen LogP contribution in [0.4, 0.5) is 0 Å². The third kappa shape index (κ3) is 4.39. The van der Waals surface area contributed by atoms with Crippen LogP contribution >= 0.6 is 0 Å². The molecule has 7 heteroatoms. The van der Waals surface area contributed by atoms with Crippen molar-refractivity contribution in [3.8, 4) is 0 Å². The van der Waals surface area contributed by atoms with Crippen molar-refractivity contribution in [1.29, 1.82) is 0 Å². The largest absolute Gasteiger partial charge is 0.378 e. The summed E-state index contributed by atoms with van der Waals surface area (Å²) in [5, 5.41) is 3.43. The van der Waals surface area contributed by atoms with Crippen molar-refractivity contribution in [1.82, 2.24) is 15.1 Å². The zero-order valence-corrected chi connectivity index (χ0v) is 14.7. The van der Waals surface area contributed by atoms with Gasteiger partial charge in [0, 0.05) is 53.0 Å². The highest BCUT2D eigenvalue weighted by molar-refractivity contribution is 5.82. The first-order valence-electron chi connectivity index (χ1n) is 9.25. The minimum Gasteiger partial charge on any atom is -0.378 e. The standard InChI is InChI=1S/C17H30N4O3/c1-18-17(19-7-6-14-4-2-12-23-14)21-10-8-20(9-11-21)16(22)15-5-3-13-24-15/h14-15H,2-13H2,1H3,(H,18,19). The molecule has 3 aliphatic heterocycles. The number of ether oxygens (including phenoxy) is 2. The van der Waals surface area contributed by atoms with E-state index < -0.39 is 0 Å². The molecule has 0 saturated carbocycles. The van der Waals surface area contributed by atoms with Crippen molar-refractivity contribution in [3.63, 3.8) is 0 Å². The molecular weight excluding hydrogens is 308 g/mol. The Hall–Kier alpha value is -1.34. The Bertz CT molecular complexity index is 437. The van der Waals surface area contributed by atoms with Gasteiger partial charge in [0.05, 0.1) is 6.10 Å². The molecule has 0 radical (unpaired) electrons. The predicted molar refractivity (Wildman–Crippen MR) is 92.1 cm³/mol. The third-order valence-corrected chi connectivity index (χ3v) is 5.08. The van der Waals surface area contributed by atoms with E-state index >= 15 is 0 Å². The maximum atomic E-state index is 12.4. The van der Waals surface area contributed by atoms with E-state index in [0.717, 1.165) is 71.2 Å². The van der Waals surface area contributed by atoms with Crippen LogP contribution in [0.25, 0.3) is 0 Å². The molecule has 3 fully saturated rings. The molecule has 0 spiro atoms. The van der Waals surface area contributed by atoms with Crippen LogP contribution in [0.5, 0.6) is 0 Å². The van der Waals surface area contributed by atoms with E-state index in [1.165, 1.54) is 12.8 Å². The van der Waals surface area contributed by atoms with Crippen molar-refractivity contribution >= 4 is 11.9 Å². The van der Waals surface area contributed by atoms with E-state index in [2.05, 4.69) is 15.2 Å². The van der Waals surface area contributed by atoms with Crippen LogP contribution in [-0.2, 0) is 14.3 Å².